The topological polar surface area (TPSA) is 71.4 Å². The van der Waals surface area contributed by atoms with Crippen LogP contribution < -0.4 is 0 Å². The number of aliphatic carboxylic acids is 1. The first-order chi connectivity index (χ1) is 9.09. The predicted octanol–water partition coefficient (Wildman–Crippen LogP) is 4.92. The lowest BCUT2D eigenvalue weighted by Crippen LogP contribution is -2.14. The van der Waals surface area contributed by atoms with Gasteiger partial charge in [0.25, 0.3) is 0 Å². The number of rotatable bonds is 13. The minimum absolute atomic E-state index is 0.255. The Bertz CT molecular complexity index is 292. The molecule has 5 heteroatoms. The van der Waals surface area contributed by atoms with E-state index in [1.54, 1.807) is 0 Å². The van der Waals surface area contributed by atoms with Crippen LogP contribution in [-0.4, -0.2) is 16.7 Å². The van der Waals surface area contributed by atoms with Gasteiger partial charge in [0, 0.05) is 0 Å². The highest BCUT2D eigenvalue weighted by molar-refractivity contribution is 7.33. The van der Waals surface area contributed by atoms with Gasteiger partial charge in [0.15, 0.2) is 5.66 Å². The van der Waals surface area contributed by atoms with Gasteiger partial charge in [-0.2, -0.15) is 0 Å². The zero-order valence-corrected chi connectivity index (χ0v) is 12.9. The summed E-state index contributed by atoms with van der Waals surface area (Å²) >= 11 is 0. The second kappa shape index (κ2) is 12.4. The van der Waals surface area contributed by atoms with Gasteiger partial charge in [0.1, 0.15) is 0 Å². The van der Waals surface area contributed by atoms with E-state index in [0.29, 0.717) is 6.42 Å². The Morgan fingerprint density at radius 2 is 1.32 bits per heavy atom. The summed E-state index contributed by atoms with van der Waals surface area (Å²) in [6.45, 7) is 2.21. The average Bonchev–Trinajstić information content (AvgIpc) is 2.35. The van der Waals surface area contributed by atoms with E-state index in [4.69, 9.17) is 5.11 Å². The minimum atomic E-state index is -2.84. The molecule has 0 aliphatic rings. The van der Waals surface area contributed by atoms with E-state index in [1.165, 1.54) is 44.9 Å². The Labute approximate surface area is 116 Å². The van der Waals surface area contributed by atoms with Crippen LogP contribution in [0.15, 0.2) is 0 Å². The summed E-state index contributed by atoms with van der Waals surface area (Å²) in [7, 11) is -2.84. The monoisotopic (exact) mass is 290 g/mol. The van der Waals surface area contributed by atoms with E-state index in [1.807, 2.05) is 0 Å². The third-order valence-electron chi connectivity index (χ3n) is 3.37. The normalized spacial score (nSPS) is 12.3. The Balaban J connectivity index is 3.37. The Kier molecular flexibility index (Phi) is 12.0. The van der Waals surface area contributed by atoms with Gasteiger partial charge < -0.3 is 5.11 Å². The van der Waals surface area contributed by atoms with E-state index >= 15 is 0 Å². The van der Waals surface area contributed by atoms with Crippen LogP contribution in [0.2, 0.25) is 0 Å². The van der Waals surface area contributed by atoms with Crippen LogP contribution in [0.3, 0.4) is 0 Å². The van der Waals surface area contributed by atoms with Crippen molar-refractivity contribution >= 4 is 13.6 Å². The number of unbranched alkanes of at least 4 members (excludes halogenated alkanes) is 9. The highest BCUT2D eigenvalue weighted by Gasteiger charge is 2.22. The van der Waals surface area contributed by atoms with Gasteiger partial charge >= 0.3 is 13.6 Å². The van der Waals surface area contributed by atoms with Gasteiger partial charge in [-0.15, -0.1) is 0 Å². The standard InChI is InChI=1S/C14H27O4P/c1-2-3-4-5-6-7-8-9-10-11-12-13(14(15)16)19(17)18/h13H,2-12H2,1H3,(H,15,16). The first kappa shape index (κ1) is 18.4. The molecule has 19 heavy (non-hydrogen) atoms. The molecule has 1 unspecified atom stereocenters. The van der Waals surface area contributed by atoms with Crippen molar-refractivity contribution in [1.29, 1.82) is 0 Å². The van der Waals surface area contributed by atoms with Crippen molar-refractivity contribution in [3.8, 4) is 0 Å². The molecule has 0 aromatic carbocycles. The summed E-state index contributed by atoms with van der Waals surface area (Å²) in [4.78, 5) is 10.6. The summed E-state index contributed by atoms with van der Waals surface area (Å²) in [6, 6.07) is 0. The maximum absolute atomic E-state index is 10.7. The molecule has 0 aliphatic heterocycles. The fourth-order valence-electron chi connectivity index (χ4n) is 2.14. The molecule has 4 nitrogen and oxygen atoms in total. The van der Waals surface area contributed by atoms with Gasteiger partial charge in [0.05, 0.1) is 0 Å². The third-order valence-corrected chi connectivity index (χ3v) is 4.36. The summed E-state index contributed by atoms with van der Waals surface area (Å²) in [5.41, 5.74) is -1.19. The second-order valence-electron chi connectivity index (χ2n) is 5.11. The van der Waals surface area contributed by atoms with E-state index in [2.05, 4.69) is 6.92 Å². The Morgan fingerprint density at radius 1 is 0.895 bits per heavy atom. The zero-order chi connectivity index (χ0) is 14.5. The largest absolute Gasteiger partial charge is 0.480 e. The molecule has 0 saturated heterocycles. The first-order valence-electron chi connectivity index (χ1n) is 7.46. The molecule has 0 radical (unpaired) electrons. The maximum Gasteiger partial charge on any atom is 0.330 e. The van der Waals surface area contributed by atoms with E-state index < -0.39 is 19.3 Å². The SMILES string of the molecule is CCCCCCCCCCCCC(C(=O)O)P(=O)=O. The molecule has 0 bridgehead atoms. The molecule has 1 N–H and O–H groups in total. The Morgan fingerprint density at radius 3 is 1.68 bits per heavy atom. The number of hydrogen-bond acceptors (Lipinski definition) is 3. The van der Waals surface area contributed by atoms with E-state index in [9.17, 15) is 13.9 Å². The van der Waals surface area contributed by atoms with Gasteiger partial charge in [-0.25, -0.2) is 9.13 Å². The van der Waals surface area contributed by atoms with Gasteiger partial charge in [-0.05, 0) is 6.42 Å². The molecule has 0 fully saturated rings. The summed E-state index contributed by atoms with van der Waals surface area (Å²) in [5.74, 6) is -1.22. The molecular weight excluding hydrogens is 263 g/mol. The number of hydrogen-bond donors (Lipinski definition) is 1. The van der Waals surface area contributed by atoms with Crippen molar-refractivity contribution in [2.75, 3.05) is 0 Å². The lowest BCUT2D eigenvalue weighted by Gasteiger charge is -2.04. The van der Waals surface area contributed by atoms with Crippen molar-refractivity contribution in [3.05, 3.63) is 0 Å². The van der Waals surface area contributed by atoms with Crippen LogP contribution in [0.4, 0.5) is 0 Å². The third kappa shape index (κ3) is 10.9. The zero-order valence-electron chi connectivity index (χ0n) is 12.0. The molecule has 0 heterocycles. The molecule has 0 amide bonds. The van der Waals surface area contributed by atoms with E-state index in [-0.39, 0.29) is 6.42 Å². The second-order valence-corrected chi connectivity index (χ2v) is 6.30. The van der Waals surface area contributed by atoms with Crippen LogP contribution in [0, 0.1) is 0 Å². The van der Waals surface area contributed by atoms with Crippen LogP contribution in [0.1, 0.15) is 77.6 Å². The summed E-state index contributed by atoms with van der Waals surface area (Å²) in [5, 5.41) is 8.70. The van der Waals surface area contributed by atoms with Crippen LogP contribution in [-0.2, 0) is 13.9 Å². The minimum Gasteiger partial charge on any atom is -0.480 e. The van der Waals surface area contributed by atoms with Crippen LogP contribution in [0.5, 0.6) is 0 Å². The molecule has 0 aromatic heterocycles. The molecule has 0 rings (SSSR count). The molecule has 112 valence electrons. The molecular formula is C14H27O4P. The fourth-order valence-corrected chi connectivity index (χ4v) is 2.72. The Hall–Kier alpha value is -0.630. The fraction of sp³-hybridized carbons (Fsp3) is 0.929. The average molecular weight is 290 g/mol. The molecule has 0 spiro atoms. The lowest BCUT2D eigenvalue weighted by atomic mass is 10.1. The van der Waals surface area contributed by atoms with Crippen LogP contribution >= 0.6 is 7.68 Å². The number of carboxylic acids is 1. The van der Waals surface area contributed by atoms with Crippen molar-refractivity contribution in [3.63, 3.8) is 0 Å². The highest BCUT2D eigenvalue weighted by atomic mass is 31.1. The molecule has 0 saturated carbocycles. The smallest absolute Gasteiger partial charge is 0.330 e. The van der Waals surface area contributed by atoms with Crippen molar-refractivity contribution in [2.45, 2.75) is 83.2 Å². The molecule has 1 atom stereocenters. The first-order valence-corrected chi connectivity index (χ1v) is 8.70. The summed E-state index contributed by atoms with van der Waals surface area (Å²) in [6.07, 6.45) is 11.9. The van der Waals surface area contributed by atoms with E-state index in [0.717, 1.165) is 12.8 Å². The molecule has 0 aliphatic carbocycles. The summed E-state index contributed by atoms with van der Waals surface area (Å²) < 4.78 is 21.4. The van der Waals surface area contributed by atoms with Gasteiger partial charge in [0.2, 0.25) is 0 Å². The van der Waals surface area contributed by atoms with Gasteiger partial charge in [-0.3, -0.25) is 4.79 Å². The van der Waals surface area contributed by atoms with Crippen molar-refractivity contribution in [2.24, 2.45) is 0 Å². The predicted molar refractivity (Wildman–Crippen MR) is 76.2 cm³/mol. The number of carbonyl (C=O) groups is 1. The maximum atomic E-state index is 10.7. The van der Waals surface area contributed by atoms with Gasteiger partial charge in [-0.1, -0.05) is 71.1 Å². The highest BCUT2D eigenvalue weighted by Crippen LogP contribution is 2.21. The lowest BCUT2D eigenvalue weighted by molar-refractivity contribution is -0.136. The molecule has 0 aromatic rings. The quantitative estimate of drug-likeness (QED) is 0.386. The number of carboxylic acid groups (broad SMARTS) is 1. The van der Waals surface area contributed by atoms with Crippen LogP contribution in [0.25, 0.3) is 0 Å². The van der Waals surface area contributed by atoms with Crippen molar-refractivity contribution in [1.82, 2.24) is 0 Å². The van der Waals surface area contributed by atoms with Crippen molar-refractivity contribution < 1.29 is 19.0 Å².